The molecular weight excluding hydrogens is 216 g/mol. The lowest BCUT2D eigenvalue weighted by atomic mass is 10.1. The van der Waals surface area contributed by atoms with Crippen molar-refractivity contribution in [2.45, 2.75) is 25.4 Å². The van der Waals surface area contributed by atoms with Gasteiger partial charge in [-0.05, 0) is 32.4 Å². The molecule has 2 rings (SSSR count). The fourth-order valence-electron chi connectivity index (χ4n) is 2.05. The lowest BCUT2D eigenvalue weighted by Gasteiger charge is -2.22. The second-order valence-corrected chi connectivity index (χ2v) is 4.44. The fraction of sp³-hybridized carbons (Fsp3) is 0.750. The molecule has 2 heterocycles. The number of hydrogen-bond acceptors (Lipinski definition) is 4. The summed E-state index contributed by atoms with van der Waals surface area (Å²) in [5.41, 5.74) is 0. The molecule has 0 radical (unpaired) electrons. The Balaban J connectivity index is 1.53. The largest absolute Gasteiger partial charge is 0.378 e. The summed E-state index contributed by atoms with van der Waals surface area (Å²) < 4.78 is 7.67. The molecule has 0 saturated carbocycles. The van der Waals surface area contributed by atoms with Gasteiger partial charge in [-0.2, -0.15) is 5.10 Å². The van der Waals surface area contributed by atoms with Gasteiger partial charge in [-0.25, -0.2) is 0 Å². The summed E-state index contributed by atoms with van der Waals surface area (Å²) >= 11 is 0. The standard InChI is InChI=1S/C12H22N4O/c1-16-12(5-9-15-16)14-6-2-10-17-11-3-7-13-8-4-11/h5,9,11,13-14H,2-4,6-8,10H2,1H3. The molecule has 0 amide bonds. The van der Waals surface area contributed by atoms with Crippen molar-refractivity contribution in [3.8, 4) is 0 Å². The third kappa shape index (κ3) is 4.02. The summed E-state index contributed by atoms with van der Waals surface area (Å²) in [5, 5.41) is 10.8. The van der Waals surface area contributed by atoms with Gasteiger partial charge in [0.15, 0.2) is 0 Å². The maximum absolute atomic E-state index is 5.83. The SMILES string of the molecule is Cn1nccc1NCCCOC1CCNCC1. The first-order valence-electron chi connectivity index (χ1n) is 6.40. The normalized spacial score (nSPS) is 17.2. The monoisotopic (exact) mass is 238 g/mol. The second-order valence-electron chi connectivity index (χ2n) is 4.44. The van der Waals surface area contributed by atoms with Crippen molar-refractivity contribution in [2.24, 2.45) is 7.05 Å². The van der Waals surface area contributed by atoms with Gasteiger partial charge in [-0.1, -0.05) is 0 Å². The number of nitrogens with zero attached hydrogens (tertiary/aromatic N) is 2. The van der Waals surface area contributed by atoms with E-state index in [2.05, 4.69) is 15.7 Å². The third-order valence-electron chi connectivity index (χ3n) is 3.09. The second kappa shape index (κ2) is 6.61. The molecule has 1 saturated heterocycles. The van der Waals surface area contributed by atoms with Gasteiger partial charge in [0.05, 0.1) is 12.3 Å². The Morgan fingerprint density at radius 3 is 3.06 bits per heavy atom. The van der Waals surface area contributed by atoms with Crippen LogP contribution in [0.4, 0.5) is 5.82 Å². The molecule has 1 aliphatic rings. The zero-order chi connectivity index (χ0) is 11.9. The Morgan fingerprint density at radius 1 is 1.53 bits per heavy atom. The number of hydrogen-bond donors (Lipinski definition) is 2. The molecule has 0 spiro atoms. The molecule has 0 atom stereocenters. The molecule has 0 aliphatic carbocycles. The molecule has 1 aromatic heterocycles. The first-order chi connectivity index (χ1) is 8.36. The highest BCUT2D eigenvalue weighted by Gasteiger charge is 2.12. The van der Waals surface area contributed by atoms with Gasteiger partial charge in [0.2, 0.25) is 0 Å². The predicted octanol–water partition coefficient (Wildman–Crippen LogP) is 0.991. The Labute approximate surface area is 103 Å². The van der Waals surface area contributed by atoms with Gasteiger partial charge >= 0.3 is 0 Å². The van der Waals surface area contributed by atoms with Crippen molar-refractivity contribution in [1.29, 1.82) is 0 Å². The fourth-order valence-corrected chi connectivity index (χ4v) is 2.05. The number of nitrogens with one attached hydrogen (secondary N) is 2. The average Bonchev–Trinajstić information content (AvgIpc) is 2.76. The van der Waals surface area contributed by atoms with Gasteiger partial charge in [-0.15, -0.1) is 0 Å². The van der Waals surface area contributed by atoms with Crippen LogP contribution in [0.1, 0.15) is 19.3 Å². The van der Waals surface area contributed by atoms with Crippen LogP contribution in [0.15, 0.2) is 12.3 Å². The Kier molecular flexibility index (Phi) is 4.82. The summed E-state index contributed by atoms with van der Waals surface area (Å²) in [5.74, 6) is 1.06. The third-order valence-corrected chi connectivity index (χ3v) is 3.09. The topological polar surface area (TPSA) is 51.1 Å². The number of aryl methyl sites for hydroxylation is 1. The minimum Gasteiger partial charge on any atom is -0.378 e. The molecule has 1 fully saturated rings. The summed E-state index contributed by atoms with van der Waals surface area (Å²) in [6.07, 6.45) is 5.60. The Bertz CT molecular complexity index is 320. The van der Waals surface area contributed by atoms with Crippen LogP contribution < -0.4 is 10.6 Å². The Hall–Kier alpha value is -1.07. The summed E-state index contributed by atoms with van der Waals surface area (Å²) in [4.78, 5) is 0. The van der Waals surface area contributed by atoms with Crippen molar-refractivity contribution < 1.29 is 4.74 Å². The van der Waals surface area contributed by atoms with Gasteiger partial charge in [-0.3, -0.25) is 4.68 Å². The molecule has 1 aromatic rings. The maximum atomic E-state index is 5.83. The molecule has 17 heavy (non-hydrogen) atoms. The van der Waals surface area contributed by atoms with E-state index in [0.29, 0.717) is 6.10 Å². The molecule has 96 valence electrons. The minimum atomic E-state index is 0.466. The number of ether oxygens (including phenoxy) is 1. The lowest BCUT2D eigenvalue weighted by Crippen LogP contribution is -2.32. The van der Waals surface area contributed by atoms with E-state index in [1.165, 1.54) is 0 Å². The molecule has 0 aromatic carbocycles. The smallest absolute Gasteiger partial charge is 0.123 e. The van der Waals surface area contributed by atoms with E-state index >= 15 is 0 Å². The van der Waals surface area contributed by atoms with E-state index in [4.69, 9.17) is 4.74 Å². The van der Waals surface area contributed by atoms with E-state index in [9.17, 15) is 0 Å². The van der Waals surface area contributed by atoms with Gasteiger partial charge in [0.25, 0.3) is 0 Å². The van der Waals surface area contributed by atoms with E-state index in [-0.39, 0.29) is 0 Å². The van der Waals surface area contributed by atoms with Crippen molar-refractivity contribution in [3.63, 3.8) is 0 Å². The highest BCUT2D eigenvalue weighted by Crippen LogP contribution is 2.08. The molecular formula is C12H22N4O. The molecule has 5 heteroatoms. The number of aromatic nitrogens is 2. The quantitative estimate of drug-likeness (QED) is 0.726. The molecule has 1 aliphatic heterocycles. The van der Waals surface area contributed by atoms with E-state index < -0.39 is 0 Å². The van der Waals surface area contributed by atoms with Crippen LogP contribution in [-0.4, -0.2) is 42.1 Å². The molecule has 0 unspecified atom stereocenters. The number of piperidine rings is 1. The van der Waals surface area contributed by atoms with E-state index in [1.807, 2.05) is 17.8 Å². The number of rotatable bonds is 6. The maximum Gasteiger partial charge on any atom is 0.123 e. The van der Waals surface area contributed by atoms with Gasteiger partial charge < -0.3 is 15.4 Å². The highest BCUT2D eigenvalue weighted by atomic mass is 16.5. The zero-order valence-electron chi connectivity index (χ0n) is 10.5. The molecule has 0 bridgehead atoms. The van der Waals surface area contributed by atoms with E-state index in [1.54, 1.807) is 6.20 Å². The van der Waals surface area contributed by atoms with Crippen LogP contribution >= 0.6 is 0 Å². The predicted molar refractivity (Wildman–Crippen MR) is 68.2 cm³/mol. The first kappa shape index (κ1) is 12.4. The van der Waals surface area contributed by atoms with Gasteiger partial charge in [0.1, 0.15) is 5.82 Å². The van der Waals surface area contributed by atoms with Crippen molar-refractivity contribution >= 4 is 5.82 Å². The highest BCUT2D eigenvalue weighted by molar-refractivity contribution is 5.32. The summed E-state index contributed by atoms with van der Waals surface area (Å²) in [7, 11) is 1.94. The zero-order valence-corrected chi connectivity index (χ0v) is 10.5. The average molecular weight is 238 g/mol. The number of anilines is 1. The minimum absolute atomic E-state index is 0.466. The summed E-state index contributed by atoms with van der Waals surface area (Å²) in [6.45, 7) is 3.97. The van der Waals surface area contributed by atoms with Crippen LogP contribution in [0.2, 0.25) is 0 Å². The first-order valence-corrected chi connectivity index (χ1v) is 6.40. The Morgan fingerprint density at radius 2 is 2.35 bits per heavy atom. The van der Waals surface area contributed by atoms with E-state index in [0.717, 1.165) is 51.3 Å². The van der Waals surface area contributed by atoms with Crippen molar-refractivity contribution in [3.05, 3.63) is 12.3 Å². The van der Waals surface area contributed by atoms with Gasteiger partial charge in [0, 0.05) is 26.3 Å². The lowest BCUT2D eigenvalue weighted by molar-refractivity contribution is 0.0329. The van der Waals surface area contributed by atoms with Crippen molar-refractivity contribution in [2.75, 3.05) is 31.6 Å². The van der Waals surface area contributed by atoms with Crippen LogP contribution in [0.5, 0.6) is 0 Å². The van der Waals surface area contributed by atoms with Crippen LogP contribution in [0.25, 0.3) is 0 Å². The van der Waals surface area contributed by atoms with Crippen LogP contribution in [0, 0.1) is 0 Å². The van der Waals surface area contributed by atoms with Crippen LogP contribution in [0.3, 0.4) is 0 Å². The molecule has 2 N–H and O–H groups in total. The van der Waals surface area contributed by atoms with Crippen molar-refractivity contribution in [1.82, 2.24) is 15.1 Å². The summed E-state index contributed by atoms with van der Waals surface area (Å²) in [6, 6.07) is 1.98. The van der Waals surface area contributed by atoms with Crippen LogP contribution in [-0.2, 0) is 11.8 Å². The molecule has 5 nitrogen and oxygen atoms in total.